The van der Waals surface area contributed by atoms with Crippen molar-refractivity contribution in [1.29, 1.82) is 0 Å². The molecule has 1 atom stereocenters. The van der Waals surface area contributed by atoms with Crippen LogP contribution in [0.15, 0.2) is 72.8 Å². The molecule has 0 aliphatic heterocycles. The maximum atomic E-state index is 12.6. The highest BCUT2D eigenvalue weighted by atomic mass is 16.5. The molecule has 1 unspecified atom stereocenters. The summed E-state index contributed by atoms with van der Waals surface area (Å²) in [5, 5.41) is 5.82. The number of aryl methyl sites for hydroxylation is 1. The van der Waals surface area contributed by atoms with E-state index in [0.29, 0.717) is 16.8 Å². The zero-order valence-electron chi connectivity index (χ0n) is 16.7. The Labute approximate surface area is 170 Å². The maximum absolute atomic E-state index is 12.6. The molecule has 5 heteroatoms. The van der Waals surface area contributed by atoms with Crippen LogP contribution in [-0.2, 0) is 0 Å². The summed E-state index contributed by atoms with van der Waals surface area (Å²) in [6.07, 6.45) is 0. The minimum absolute atomic E-state index is 0.192. The van der Waals surface area contributed by atoms with Gasteiger partial charge in [-0.15, -0.1) is 0 Å². The lowest BCUT2D eigenvalue weighted by Gasteiger charge is -2.18. The second kappa shape index (κ2) is 9.06. The summed E-state index contributed by atoms with van der Waals surface area (Å²) in [5.74, 6) is 0.354. The number of methoxy groups -OCH3 is 1. The number of carbonyl (C=O) groups is 2. The lowest BCUT2D eigenvalue weighted by Crippen LogP contribution is -2.27. The molecule has 0 heterocycles. The van der Waals surface area contributed by atoms with E-state index >= 15 is 0 Å². The molecule has 0 spiro atoms. The zero-order chi connectivity index (χ0) is 20.8. The van der Waals surface area contributed by atoms with Crippen molar-refractivity contribution in [2.45, 2.75) is 19.9 Å². The van der Waals surface area contributed by atoms with Crippen molar-refractivity contribution >= 4 is 17.5 Å². The number of rotatable bonds is 6. The largest absolute Gasteiger partial charge is 0.496 e. The molecule has 0 aliphatic rings. The fourth-order valence-electron chi connectivity index (χ4n) is 3.05. The summed E-state index contributed by atoms with van der Waals surface area (Å²) in [6.45, 7) is 3.92. The lowest BCUT2D eigenvalue weighted by molar-refractivity contribution is 0.0939. The zero-order valence-corrected chi connectivity index (χ0v) is 16.7. The van der Waals surface area contributed by atoms with E-state index in [-0.39, 0.29) is 17.9 Å². The van der Waals surface area contributed by atoms with Crippen LogP contribution in [0, 0.1) is 6.92 Å². The third-order valence-corrected chi connectivity index (χ3v) is 4.64. The number of carbonyl (C=O) groups excluding carboxylic acids is 2. The predicted molar refractivity (Wildman–Crippen MR) is 114 cm³/mol. The van der Waals surface area contributed by atoms with E-state index in [2.05, 4.69) is 10.6 Å². The Balaban J connectivity index is 1.66. The molecule has 0 radical (unpaired) electrons. The Hall–Kier alpha value is -3.60. The molecular weight excluding hydrogens is 364 g/mol. The number of nitrogens with one attached hydrogen (secondary N) is 2. The normalized spacial score (nSPS) is 11.4. The van der Waals surface area contributed by atoms with E-state index in [1.807, 2.05) is 50.2 Å². The second-order valence-corrected chi connectivity index (χ2v) is 6.84. The van der Waals surface area contributed by atoms with Crippen LogP contribution in [0.1, 0.15) is 44.8 Å². The molecule has 29 heavy (non-hydrogen) atoms. The molecule has 0 fully saturated rings. The van der Waals surface area contributed by atoms with Crippen LogP contribution < -0.4 is 15.4 Å². The number of ether oxygens (including phenoxy) is 1. The molecule has 3 aromatic carbocycles. The molecule has 0 aromatic heterocycles. The van der Waals surface area contributed by atoms with Gasteiger partial charge in [-0.05, 0) is 56.3 Å². The van der Waals surface area contributed by atoms with E-state index < -0.39 is 0 Å². The third kappa shape index (κ3) is 5.02. The van der Waals surface area contributed by atoms with Gasteiger partial charge in [0.2, 0.25) is 0 Å². The first-order valence-electron chi connectivity index (χ1n) is 9.40. The molecule has 2 amide bonds. The summed E-state index contributed by atoms with van der Waals surface area (Å²) >= 11 is 0. The molecule has 3 rings (SSSR count). The fraction of sp³-hybridized carbons (Fsp3) is 0.167. The van der Waals surface area contributed by atoms with Crippen molar-refractivity contribution in [2.24, 2.45) is 0 Å². The van der Waals surface area contributed by atoms with Gasteiger partial charge in [0.15, 0.2) is 0 Å². The van der Waals surface area contributed by atoms with Crippen LogP contribution in [0.25, 0.3) is 0 Å². The number of amides is 2. The summed E-state index contributed by atoms with van der Waals surface area (Å²) < 4.78 is 5.41. The SMILES string of the molecule is COc1ccc(C)cc1C(C)NC(=O)c1ccc(NC(=O)c2ccccc2)cc1. The van der Waals surface area contributed by atoms with E-state index in [4.69, 9.17) is 4.74 Å². The quantitative estimate of drug-likeness (QED) is 0.640. The number of anilines is 1. The Morgan fingerprint density at radius 2 is 1.52 bits per heavy atom. The standard InChI is InChI=1S/C24H24N2O3/c1-16-9-14-22(29-3)21(15-16)17(2)25-23(27)19-10-12-20(13-11-19)26-24(28)18-7-5-4-6-8-18/h4-15,17H,1-3H3,(H,25,27)(H,26,28). The van der Waals surface area contributed by atoms with Gasteiger partial charge in [-0.25, -0.2) is 0 Å². The van der Waals surface area contributed by atoms with Gasteiger partial charge in [0.1, 0.15) is 5.75 Å². The van der Waals surface area contributed by atoms with Crippen LogP contribution in [0.5, 0.6) is 5.75 Å². The van der Waals surface area contributed by atoms with Crippen molar-refractivity contribution in [3.8, 4) is 5.75 Å². The fourth-order valence-corrected chi connectivity index (χ4v) is 3.05. The first-order chi connectivity index (χ1) is 14.0. The van der Waals surface area contributed by atoms with Gasteiger partial charge in [-0.3, -0.25) is 9.59 Å². The highest BCUT2D eigenvalue weighted by Gasteiger charge is 2.15. The molecule has 0 saturated heterocycles. The predicted octanol–water partition coefficient (Wildman–Crippen LogP) is 4.75. The highest BCUT2D eigenvalue weighted by Crippen LogP contribution is 2.26. The van der Waals surface area contributed by atoms with Gasteiger partial charge in [0.05, 0.1) is 13.2 Å². The van der Waals surface area contributed by atoms with Crippen LogP contribution >= 0.6 is 0 Å². The smallest absolute Gasteiger partial charge is 0.255 e. The first-order valence-corrected chi connectivity index (χ1v) is 9.40. The summed E-state index contributed by atoms with van der Waals surface area (Å²) in [6, 6.07) is 21.5. The van der Waals surface area contributed by atoms with E-state index in [1.54, 1.807) is 43.5 Å². The topological polar surface area (TPSA) is 67.4 Å². The average Bonchev–Trinajstić information content (AvgIpc) is 2.74. The first kappa shape index (κ1) is 20.1. The summed E-state index contributed by atoms with van der Waals surface area (Å²) in [7, 11) is 1.62. The van der Waals surface area contributed by atoms with Crippen molar-refractivity contribution in [3.63, 3.8) is 0 Å². The lowest BCUT2D eigenvalue weighted by atomic mass is 10.0. The molecule has 0 bridgehead atoms. The molecule has 5 nitrogen and oxygen atoms in total. The van der Waals surface area contributed by atoms with Crippen LogP contribution in [0.2, 0.25) is 0 Å². The molecule has 0 saturated carbocycles. The third-order valence-electron chi connectivity index (χ3n) is 4.64. The molecule has 0 aliphatic carbocycles. The van der Waals surface area contributed by atoms with Gasteiger partial charge in [-0.2, -0.15) is 0 Å². The Morgan fingerprint density at radius 3 is 2.17 bits per heavy atom. The van der Waals surface area contributed by atoms with E-state index in [0.717, 1.165) is 16.9 Å². The number of hydrogen-bond donors (Lipinski definition) is 2. The maximum Gasteiger partial charge on any atom is 0.255 e. The van der Waals surface area contributed by atoms with Gasteiger partial charge < -0.3 is 15.4 Å². The number of hydrogen-bond acceptors (Lipinski definition) is 3. The minimum Gasteiger partial charge on any atom is -0.496 e. The minimum atomic E-state index is -0.213. The Kier molecular flexibility index (Phi) is 6.29. The molecular formula is C24H24N2O3. The monoisotopic (exact) mass is 388 g/mol. The van der Waals surface area contributed by atoms with Gasteiger partial charge in [0.25, 0.3) is 11.8 Å². The van der Waals surface area contributed by atoms with E-state index in [1.165, 1.54) is 0 Å². The van der Waals surface area contributed by atoms with E-state index in [9.17, 15) is 9.59 Å². The van der Waals surface area contributed by atoms with Gasteiger partial charge in [0, 0.05) is 22.4 Å². The van der Waals surface area contributed by atoms with Crippen molar-refractivity contribution in [2.75, 3.05) is 12.4 Å². The van der Waals surface area contributed by atoms with Crippen LogP contribution in [-0.4, -0.2) is 18.9 Å². The summed E-state index contributed by atoms with van der Waals surface area (Å²) in [4.78, 5) is 24.8. The van der Waals surface area contributed by atoms with Crippen molar-refractivity contribution in [3.05, 3.63) is 95.1 Å². The molecule has 148 valence electrons. The Morgan fingerprint density at radius 1 is 0.862 bits per heavy atom. The average molecular weight is 388 g/mol. The Bertz CT molecular complexity index is 998. The van der Waals surface area contributed by atoms with Crippen LogP contribution in [0.3, 0.4) is 0 Å². The van der Waals surface area contributed by atoms with Crippen LogP contribution in [0.4, 0.5) is 5.69 Å². The van der Waals surface area contributed by atoms with Gasteiger partial charge in [-0.1, -0.05) is 35.9 Å². The molecule has 2 N–H and O–H groups in total. The summed E-state index contributed by atoms with van der Waals surface area (Å²) in [5.41, 5.74) is 3.74. The van der Waals surface area contributed by atoms with Crippen molar-refractivity contribution in [1.82, 2.24) is 5.32 Å². The van der Waals surface area contributed by atoms with Crippen molar-refractivity contribution < 1.29 is 14.3 Å². The number of benzene rings is 3. The second-order valence-electron chi connectivity index (χ2n) is 6.84. The molecule has 3 aromatic rings. The van der Waals surface area contributed by atoms with Gasteiger partial charge >= 0.3 is 0 Å². The highest BCUT2D eigenvalue weighted by molar-refractivity contribution is 6.04.